The molecule has 0 spiro atoms. The van der Waals surface area contributed by atoms with Gasteiger partial charge in [0.15, 0.2) is 5.82 Å². The van der Waals surface area contributed by atoms with Crippen molar-refractivity contribution < 1.29 is 0 Å². The summed E-state index contributed by atoms with van der Waals surface area (Å²) >= 11 is 6.63. The Labute approximate surface area is 205 Å². The van der Waals surface area contributed by atoms with Crippen LogP contribution in [-0.2, 0) is 23.8 Å². The van der Waals surface area contributed by atoms with Gasteiger partial charge in [0.25, 0.3) is 0 Å². The van der Waals surface area contributed by atoms with Gasteiger partial charge < -0.3 is 9.99 Å². The minimum atomic E-state index is -2.57. The lowest BCUT2D eigenvalue weighted by Gasteiger charge is -2.35. The van der Waals surface area contributed by atoms with Gasteiger partial charge in [-0.2, -0.15) is 10.4 Å². The number of rotatable bonds is 4. The monoisotopic (exact) mass is 486 g/mol. The largest absolute Gasteiger partial charge is 0.351 e. The Hall–Kier alpha value is -3.20. The van der Waals surface area contributed by atoms with Crippen LogP contribution in [0.5, 0.6) is 0 Å². The number of nitrogens with one attached hydrogen (secondary N) is 1. The molecule has 1 unspecified atom stereocenters. The van der Waals surface area contributed by atoms with E-state index in [0.717, 1.165) is 27.8 Å². The Kier molecular flexibility index (Phi) is 5.47. The fourth-order valence-electron chi connectivity index (χ4n) is 5.17. The minimum absolute atomic E-state index is 0.239. The molecule has 5 rings (SSSR count). The molecule has 8 heteroatoms. The molecule has 2 aliphatic rings. The summed E-state index contributed by atoms with van der Waals surface area (Å²) < 4.78 is 1.83. The minimum Gasteiger partial charge on any atom is -0.351 e. The van der Waals surface area contributed by atoms with Crippen LogP contribution in [0.1, 0.15) is 31.5 Å². The summed E-state index contributed by atoms with van der Waals surface area (Å²) in [5, 5.41) is 19.7. The molecule has 3 heterocycles. The van der Waals surface area contributed by atoms with E-state index in [-0.39, 0.29) is 5.41 Å². The maximum Gasteiger partial charge on any atom is 0.161 e. The van der Waals surface area contributed by atoms with Crippen molar-refractivity contribution in [1.82, 2.24) is 9.78 Å². The molecule has 34 heavy (non-hydrogen) atoms. The molecule has 0 amide bonds. The average molecular weight is 487 g/mol. The quantitative estimate of drug-likeness (QED) is 0.487. The molecular formula is C26H27N6PS. The lowest BCUT2D eigenvalue weighted by molar-refractivity contribution is 0.626. The molecule has 0 bridgehead atoms. The van der Waals surface area contributed by atoms with E-state index in [1.165, 1.54) is 16.9 Å². The number of aryl methyl sites for hydroxylation is 2. The van der Waals surface area contributed by atoms with Crippen molar-refractivity contribution >= 4 is 46.7 Å². The van der Waals surface area contributed by atoms with E-state index >= 15 is 0 Å². The predicted molar refractivity (Wildman–Crippen MR) is 144 cm³/mol. The van der Waals surface area contributed by atoms with E-state index in [1.54, 1.807) is 0 Å². The normalized spacial score (nSPS) is 22.3. The first-order chi connectivity index (χ1) is 16.3. The zero-order chi connectivity index (χ0) is 24.1. The summed E-state index contributed by atoms with van der Waals surface area (Å²) in [6.45, 7) is 7.00. The Morgan fingerprint density at radius 2 is 1.82 bits per heavy atom. The van der Waals surface area contributed by atoms with Crippen LogP contribution in [0.3, 0.4) is 0 Å². The maximum absolute atomic E-state index is 9.13. The SMILES string of the molecule is Cc1nn(CCC#N)c2c1P(=S)(Nc1ccccc1)C(=C1N(C)c3ccccc3C1(C)C)C=N2. The van der Waals surface area contributed by atoms with Crippen molar-refractivity contribution in [2.75, 3.05) is 17.0 Å². The summed E-state index contributed by atoms with van der Waals surface area (Å²) in [5.41, 5.74) is 5.24. The van der Waals surface area contributed by atoms with Crippen molar-refractivity contribution in [2.24, 2.45) is 4.99 Å². The number of fused-ring (bicyclic) bond motifs is 2. The van der Waals surface area contributed by atoms with Crippen LogP contribution in [0, 0.1) is 18.3 Å². The Bertz CT molecular complexity index is 1430. The molecule has 2 aromatic carbocycles. The standard InChI is InChI=1S/C26H27N6PS/c1-18-23-25(32(29-18)16-10-15-27)28-17-22(33(23,34)30-19-11-6-5-7-12-19)24-26(2,3)20-13-8-9-14-21(20)31(24)4/h5-9,11-14,17H,10,16H2,1-4H3,(H,30,34). The number of aromatic nitrogens is 2. The molecule has 1 N–H and O–H groups in total. The summed E-state index contributed by atoms with van der Waals surface area (Å²) in [4.78, 5) is 7.16. The van der Waals surface area contributed by atoms with Crippen LogP contribution < -0.4 is 15.3 Å². The van der Waals surface area contributed by atoms with Crippen LogP contribution in [-0.4, -0.2) is 23.0 Å². The third kappa shape index (κ3) is 3.33. The Balaban J connectivity index is 1.78. The van der Waals surface area contributed by atoms with E-state index in [1.807, 2.05) is 36.0 Å². The summed E-state index contributed by atoms with van der Waals surface area (Å²) in [7, 11) is 2.12. The number of benzene rings is 2. The van der Waals surface area contributed by atoms with Crippen LogP contribution in [0.2, 0.25) is 0 Å². The first-order valence-electron chi connectivity index (χ1n) is 11.3. The molecule has 0 saturated heterocycles. The van der Waals surface area contributed by atoms with Crippen LogP contribution in [0.25, 0.3) is 0 Å². The zero-order valence-electron chi connectivity index (χ0n) is 19.8. The first kappa shape index (κ1) is 22.6. The molecule has 0 aliphatic carbocycles. The summed E-state index contributed by atoms with van der Waals surface area (Å²) in [6, 6.07) is 20.9. The summed E-state index contributed by atoms with van der Waals surface area (Å²) in [5.74, 6) is 0.764. The van der Waals surface area contributed by atoms with Gasteiger partial charge in [0, 0.05) is 41.1 Å². The lowest BCUT2D eigenvalue weighted by atomic mass is 9.84. The number of nitrogens with zero attached hydrogens (tertiary/aromatic N) is 5. The molecule has 172 valence electrons. The average Bonchev–Trinajstić information content (AvgIpc) is 3.25. The van der Waals surface area contributed by atoms with Crippen molar-refractivity contribution in [3.05, 3.63) is 76.9 Å². The highest BCUT2D eigenvalue weighted by Crippen LogP contribution is 2.61. The molecule has 0 radical (unpaired) electrons. The number of allylic oxidation sites excluding steroid dienone is 2. The number of aliphatic imine (C=N–C) groups is 1. The van der Waals surface area contributed by atoms with Gasteiger partial charge in [-0.15, -0.1) is 0 Å². The fourth-order valence-corrected chi connectivity index (χ4v) is 9.41. The van der Waals surface area contributed by atoms with E-state index in [0.29, 0.717) is 13.0 Å². The van der Waals surface area contributed by atoms with Gasteiger partial charge in [-0.25, -0.2) is 9.67 Å². The second-order valence-corrected chi connectivity index (χ2v) is 13.2. The maximum atomic E-state index is 9.13. The highest BCUT2D eigenvalue weighted by molar-refractivity contribution is 8.21. The second-order valence-electron chi connectivity index (χ2n) is 9.17. The van der Waals surface area contributed by atoms with E-state index in [2.05, 4.69) is 73.3 Å². The first-order valence-corrected chi connectivity index (χ1v) is 14.1. The Morgan fingerprint density at radius 3 is 2.53 bits per heavy atom. The zero-order valence-corrected chi connectivity index (χ0v) is 21.5. The van der Waals surface area contributed by atoms with Crippen LogP contribution in [0.4, 0.5) is 17.2 Å². The summed E-state index contributed by atoms with van der Waals surface area (Å²) in [6.07, 6.45) is -0.254. The van der Waals surface area contributed by atoms with Crippen molar-refractivity contribution in [2.45, 2.75) is 39.2 Å². The van der Waals surface area contributed by atoms with Crippen molar-refractivity contribution in [3.8, 4) is 6.07 Å². The third-order valence-electron chi connectivity index (χ3n) is 6.64. The van der Waals surface area contributed by atoms with Gasteiger partial charge in [0.05, 0.1) is 36.2 Å². The van der Waals surface area contributed by atoms with Gasteiger partial charge in [-0.1, -0.05) is 62.1 Å². The van der Waals surface area contributed by atoms with Crippen molar-refractivity contribution in [1.29, 1.82) is 5.26 Å². The third-order valence-corrected chi connectivity index (χ3v) is 10.8. The van der Waals surface area contributed by atoms with Gasteiger partial charge in [0.1, 0.15) is 0 Å². The topological polar surface area (TPSA) is 69.2 Å². The molecule has 1 aromatic heterocycles. The molecule has 1 atom stereocenters. The number of para-hydroxylation sites is 2. The van der Waals surface area contributed by atoms with Gasteiger partial charge in [0.2, 0.25) is 0 Å². The number of nitriles is 1. The van der Waals surface area contributed by atoms with Gasteiger partial charge in [-0.3, -0.25) is 0 Å². The number of likely N-dealkylation sites (N-methyl/N-ethyl adjacent to an activating group) is 1. The lowest BCUT2D eigenvalue weighted by Crippen LogP contribution is -2.29. The van der Waals surface area contributed by atoms with E-state index in [4.69, 9.17) is 27.2 Å². The molecule has 0 saturated carbocycles. The molecule has 0 fully saturated rings. The highest BCUT2D eigenvalue weighted by atomic mass is 32.4. The van der Waals surface area contributed by atoms with Gasteiger partial charge >= 0.3 is 0 Å². The predicted octanol–water partition coefficient (Wildman–Crippen LogP) is 5.59. The number of hydrogen-bond donors (Lipinski definition) is 1. The number of hydrogen-bond acceptors (Lipinski definition) is 5. The van der Waals surface area contributed by atoms with Crippen molar-refractivity contribution in [3.63, 3.8) is 0 Å². The van der Waals surface area contributed by atoms with E-state index < -0.39 is 6.19 Å². The smallest absolute Gasteiger partial charge is 0.161 e. The molecule has 6 nitrogen and oxygen atoms in total. The second kappa shape index (κ2) is 8.23. The Morgan fingerprint density at radius 1 is 1.12 bits per heavy atom. The van der Waals surface area contributed by atoms with Crippen LogP contribution in [0.15, 0.2) is 70.6 Å². The highest BCUT2D eigenvalue weighted by Gasteiger charge is 2.45. The molecular weight excluding hydrogens is 459 g/mol. The molecule has 3 aromatic rings. The number of anilines is 2. The fraction of sp³-hybridized carbons (Fsp3) is 0.269. The van der Waals surface area contributed by atoms with Crippen LogP contribution >= 0.6 is 6.19 Å². The molecule has 2 aliphatic heterocycles. The van der Waals surface area contributed by atoms with Gasteiger partial charge in [-0.05, 0) is 30.7 Å². The van der Waals surface area contributed by atoms with E-state index in [9.17, 15) is 0 Å².